The lowest BCUT2D eigenvalue weighted by Gasteiger charge is -2.30. The number of amides is 2. The molecule has 2 rings (SSSR count). The molecule has 1 saturated heterocycles. The van der Waals surface area contributed by atoms with E-state index in [9.17, 15) is 9.59 Å². The lowest BCUT2D eigenvalue weighted by molar-refractivity contribution is -0.143. The van der Waals surface area contributed by atoms with Gasteiger partial charge in [0, 0.05) is 30.2 Å². The molecule has 0 unspecified atom stereocenters. The van der Waals surface area contributed by atoms with Gasteiger partial charge >= 0.3 is 12.0 Å². The number of carbonyl (C=O) groups excluding carboxylic acids is 1. The molecule has 7 heteroatoms. The molecule has 22 heavy (non-hydrogen) atoms. The van der Waals surface area contributed by atoms with Crippen molar-refractivity contribution in [1.82, 2.24) is 10.2 Å². The van der Waals surface area contributed by atoms with Gasteiger partial charge in [-0.2, -0.15) is 0 Å². The summed E-state index contributed by atoms with van der Waals surface area (Å²) in [6.45, 7) is 1.16. The van der Waals surface area contributed by atoms with Crippen molar-refractivity contribution in [2.24, 2.45) is 5.92 Å². The molecule has 0 radical (unpaired) electrons. The standard InChI is InChI=1S/C15H19ClN2O4/c1-22-13-4-2-3-12(16)11(13)9-17-15(21)18-7-5-10(6-8-18)14(19)20/h2-4,10H,5-9H2,1H3,(H,17,21)(H,19,20). The van der Waals surface area contributed by atoms with E-state index in [0.29, 0.717) is 36.7 Å². The number of urea groups is 1. The normalized spacial score (nSPS) is 15.5. The van der Waals surface area contributed by atoms with Crippen LogP contribution in [0.2, 0.25) is 5.02 Å². The van der Waals surface area contributed by atoms with Crippen molar-refractivity contribution in [3.8, 4) is 5.75 Å². The number of hydrogen-bond donors (Lipinski definition) is 2. The molecule has 0 aromatic heterocycles. The number of nitrogens with one attached hydrogen (secondary N) is 1. The summed E-state index contributed by atoms with van der Waals surface area (Å²) < 4.78 is 5.23. The zero-order chi connectivity index (χ0) is 16.1. The van der Waals surface area contributed by atoms with Crippen LogP contribution in [0.3, 0.4) is 0 Å². The third kappa shape index (κ3) is 3.82. The Morgan fingerprint density at radius 1 is 1.41 bits per heavy atom. The number of aliphatic carboxylic acids is 1. The first-order valence-electron chi connectivity index (χ1n) is 7.10. The Balaban J connectivity index is 1.90. The SMILES string of the molecule is COc1cccc(Cl)c1CNC(=O)N1CCC(C(=O)O)CC1. The number of carboxylic acids is 1. The van der Waals surface area contributed by atoms with Crippen molar-refractivity contribution >= 4 is 23.6 Å². The zero-order valence-electron chi connectivity index (χ0n) is 12.3. The number of hydrogen-bond acceptors (Lipinski definition) is 3. The number of rotatable bonds is 4. The van der Waals surface area contributed by atoms with E-state index in [1.54, 1.807) is 30.2 Å². The van der Waals surface area contributed by atoms with Gasteiger partial charge in [0.25, 0.3) is 0 Å². The Bertz CT molecular complexity index is 556. The molecule has 1 heterocycles. The summed E-state index contributed by atoms with van der Waals surface area (Å²) in [5, 5.41) is 12.3. The maximum atomic E-state index is 12.1. The van der Waals surface area contributed by atoms with Gasteiger partial charge < -0.3 is 20.1 Å². The summed E-state index contributed by atoms with van der Waals surface area (Å²) in [4.78, 5) is 24.7. The fraction of sp³-hybridized carbons (Fsp3) is 0.467. The Hall–Kier alpha value is -1.95. The molecule has 0 atom stereocenters. The minimum atomic E-state index is -0.791. The molecule has 1 aromatic carbocycles. The molecule has 2 amide bonds. The Labute approximate surface area is 134 Å². The van der Waals surface area contributed by atoms with E-state index in [1.807, 2.05) is 0 Å². The molecular formula is C15H19ClN2O4. The first kappa shape index (κ1) is 16.4. The van der Waals surface area contributed by atoms with E-state index >= 15 is 0 Å². The van der Waals surface area contributed by atoms with Crippen molar-refractivity contribution < 1.29 is 19.4 Å². The minimum Gasteiger partial charge on any atom is -0.496 e. The summed E-state index contributed by atoms with van der Waals surface area (Å²) in [6, 6.07) is 5.09. The number of benzene rings is 1. The quantitative estimate of drug-likeness (QED) is 0.890. The van der Waals surface area contributed by atoms with Gasteiger partial charge in [-0.1, -0.05) is 17.7 Å². The number of likely N-dealkylation sites (tertiary alicyclic amines) is 1. The fourth-order valence-corrected chi connectivity index (χ4v) is 2.74. The van der Waals surface area contributed by atoms with Crippen LogP contribution in [0.5, 0.6) is 5.75 Å². The molecular weight excluding hydrogens is 308 g/mol. The van der Waals surface area contributed by atoms with Crippen LogP contribution >= 0.6 is 11.6 Å². The first-order chi connectivity index (χ1) is 10.5. The molecule has 2 N–H and O–H groups in total. The molecule has 0 bridgehead atoms. The molecule has 6 nitrogen and oxygen atoms in total. The summed E-state index contributed by atoms with van der Waals surface area (Å²) in [7, 11) is 1.55. The molecule has 0 saturated carbocycles. The highest BCUT2D eigenvalue weighted by molar-refractivity contribution is 6.31. The van der Waals surface area contributed by atoms with E-state index in [1.165, 1.54) is 0 Å². The highest BCUT2D eigenvalue weighted by Gasteiger charge is 2.26. The average molecular weight is 327 g/mol. The smallest absolute Gasteiger partial charge is 0.317 e. The number of ether oxygens (including phenoxy) is 1. The third-order valence-electron chi connectivity index (χ3n) is 3.84. The third-order valence-corrected chi connectivity index (χ3v) is 4.20. The van der Waals surface area contributed by atoms with Crippen molar-refractivity contribution in [2.75, 3.05) is 20.2 Å². The molecule has 0 aliphatic carbocycles. The maximum absolute atomic E-state index is 12.1. The van der Waals surface area contributed by atoms with Gasteiger partial charge in [0.2, 0.25) is 0 Å². The van der Waals surface area contributed by atoms with Gasteiger partial charge in [0.1, 0.15) is 5.75 Å². The molecule has 120 valence electrons. The fourth-order valence-electron chi connectivity index (χ4n) is 2.51. The number of carbonyl (C=O) groups is 2. The summed E-state index contributed by atoms with van der Waals surface area (Å²) in [5.74, 6) is -0.522. The second-order valence-corrected chi connectivity index (χ2v) is 5.59. The van der Waals surface area contributed by atoms with Crippen LogP contribution in [0, 0.1) is 5.92 Å². The predicted octanol–water partition coefficient (Wildman–Crippen LogP) is 2.35. The Kier molecular flexibility index (Phi) is 5.49. The van der Waals surface area contributed by atoms with Crippen LogP contribution in [0.15, 0.2) is 18.2 Å². The van der Waals surface area contributed by atoms with E-state index in [-0.39, 0.29) is 18.5 Å². The van der Waals surface area contributed by atoms with E-state index in [0.717, 1.165) is 5.56 Å². The van der Waals surface area contributed by atoms with E-state index in [4.69, 9.17) is 21.4 Å². The van der Waals surface area contributed by atoms with Crippen LogP contribution in [0.1, 0.15) is 18.4 Å². The summed E-state index contributed by atoms with van der Waals surface area (Å²) in [5.41, 5.74) is 0.723. The second-order valence-electron chi connectivity index (χ2n) is 5.18. The van der Waals surface area contributed by atoms with Gasteiger partial charge in [-0.05, 0) is 25.0 Å². The highest BCUT2D eigenvalue weighted by Crippen LogP contribution is 2.26. The van der Waals surface area contributed by atoms with Crippen LogP contribution < -0.4 is 10.1 Å². The van der Waals surface area contributed by atoms with Gasteiger partial charge in [0.15, 0.2) is 0 Å². The molecule has 0 spiro atoms. The molecule has 1 fully saturated rings. The monoisotopic (exact) mass is 326 g/mol. The topological polar surface area (TPSA) is 78.9 Å². The van der Waals surface area contributed by atoms with E-state index < -0.39 is 5.97 Å². The zero-order valence-corrected chi connectivity index (χ0v) is 13.1. The summed E-state index contributed by atoms with van der Waals surface area (Å²) >= 11 is 6.12. The Morgan fingerprint density at radius 3 is 2.68 bits per heavy atom. The van der Waals surface area contributed by atoms with Gasteiger partial charge in [-0.15, -0.1) is 0 Å². The van der Waals surface area contributed by atoms with Crippen LogP contribution in [0.4, 0.5) is 4.79 Å². The van der Waals surface area contributed by atoms with Crippen LogP contribution in [-0.4, -0.2) is 42.2 Å². The van der Waals surface area contributed by atoms with Crippen molar-refractivity contribution in [3.05, 3.63) is 28.8 Å². The molecule has 1 aliphatic rings. The van der Waals surface area contributed by atoms with Gasteiger partial charge in [-0.25, -0.2) is 4.79 Å². The van der Waals surface area contributed by atoms with E-state index in [2.05, 4.69) is 5.32 Å². The lowest BCUT2D eigenvalue weighted by atomic mass is 9.97. The number of carboxylic acid groups (broad SMARTS) is 1. The molecule has 1 aliphatic heterocycles. The number of methoxy groups -OCH3 is 1. The van der Waals surface area contributed by atoms with Crippen LogP contribution in [0.25, 0.3) is 0 Å². The number of halogens is 1. The number of piperidine rings is 1. The minimum absolute atomic E-state index is 0.217. The lowest BCUT2D eigenvalue weighted by Crippen LogP contribution is -2.45. The van der Waals surface area contributed by atoms with Gasteiger partial charge in [-0.3, -0.25) is 4.79 Å². The van der Waals surface area contributed by atoms with Crippen molar-refractivity contribution in [2.45, 2.75) is 19.4 Å². The maximum Gasteiger partial charge on any atom is 0.317 e. The molecule has 1 aromatic rings. The van der Waals surface area contributed by atoms with Crippen molar-refractivity contribution in [3.63, 3.8) is 0 Å². The summed E-state index contributed by atoms with van der Waals surface area (Å²) in [6.07, 6.45) is 0.969. The highest BCUT2D eigenvalue weighted by atomic mass is 35.5. The van der Waals surface area contributed by atoms with Gasteiger partial charge in [0.05, 0.1) is 13.0 Å². The van der Waals surface area contributed by atoms with Crippen LogP contribution in [-0.2, 0) is 11.3 Å². The predicted molar refractivity (Wildman–Crippen MR) is 82.2 cm³/mol. The van der Waals surface area contributed by atoms with Crippen molar-refractivity contribution in [1.29, 1.82) is 0 Å². The first-order valence-corrected chi connectivity index (χ1v) is 7.47. The Morgan fingerprint density at radius 2 is 2.09 bits per heavy atom. The largest absolute Gasteiger partial charge is 0.496 e. The average Bonchev–Trinajstić information content (AvgIpc) is 2.53. The second kappa shape index (κ2) is 7.35. The number of nitrogens with zero attached hydrogens (tertiary/aromatic N) is 1.